The number of aliphatic hydroxyl groups is 1. The van der Waals surface area contributed by atoms with Gasteiger partial charge in [-0.3, -0.25) is 0 Å². The van der Waals surface area contributed by atoms with Crippen molar-refractivity contribution in [3.8, 4) is 11.3 Å². The number of hydrogen-bond donors (Lipinski definition) is 1. The second-order valence-corrected chi connectivity index (χ2v) is 6.53. The monoisotopic (exact) mass is 393 g/mol. The molecule has 20 heavy (non-hydrogen) atoms. The SMILES string of the molecule is OC(c1ccccc1)c1nc(-c2ccc(I)cc2)cs1. The summed E-state index contributed by atoms with van der Waals surface area (Å²) in [5.74, 6) is 0. The predicted molar refractivity (Wildman–Crippen MR) is 90.8 cm³/mol. The minimum atomic E-state index is -0.654. The molecule has 4 heteroatoms. The Labute approximate surface area is 135 Å². The van der Waals surface area contributed by atoms with Gasteiger partial charge in [0.15, 0.2) is 0 Å². The van der Waals surface area contributed by atoms with Crippen LogP contribution in [0.4, 0.5) is 0 Å². The predicted octanol–water partition coefficient (Wildman–Crippen LogP) is 4.50. The summed E-state index contributed by atoms with van der Waals surface area (Å²) in [5, 5.41) is 13.1. The van der Waals surface area contributed by atoms with Gasteiger partial charge in [0.2, 0.25) is 0 Å². The van der Waals surface area contributed by atoms with Crippen LogP contribution >= 0.6 is 33.9 Å². The summed E-state index contributed by atoms with van der Waals surface area (Å²) in [6, 6.07) is 17.8. The van der Waals surface area contributed by atoms with Crippen molar-refractivity contribution in [1.82, 2.24) is 4.98 Å². The molecule has 1 heterocycles. The Morgan fingerprint density at radius 2 is 1.70 bits per heavy atom. The zero-order valence-electron chi connectivity index (χ0n) is 10.5. The van der Waals surface area contributed by atoms with Crippen molar-refractivity contribution in [3.63, 3.8) is 0 Å². The van der Waals surface area contributed by atoms with Gasteiger partial charge in [-0.25, -0.2) is 4.98 Å². The fraction of sp³-hybridized carbons (Fsp3) is 0.0625. The molecular weight excluding hydrogens is 381 g/mol. The molecule has 2 aromatic carbocycles. The van der Waals surface area contributed by atoms with Gasteiger partial charge < -0.3 is 5.11 Å². The first kappa shape index (κ1) is 13.7. The van der Waals surface area contributed by atoms with Gasteiger partial charge in [0.05, 0.1) is 5.69 Å². The molecule has 1 unspecified atom stereocenters. The van der Waals surface area contributed by atoms with Gasteiger partial charge in [0, 0.05) is 14.5 Å². The van der Waals surface area contributed by atoms with Gasteiger partial charge in [-0.05, 0) is 40.3 Å². The van der Waals surface area contributed by atoms with Crippen LogP contribution in [0.3, 0.4) is 0 Å². The highest BCUT2D eigenvalue weighted by Crippen LogP contribution is 2.29. The number of aromatic nitrogens is 1. The highest BCUT2D eigenvalue weighted by molar-refractivity contribution is 14.1. The molecule has 1 N–H and O–H groups in total. The van der Waals surface area contributed by atoms with Crippen molar-refractivity contribution in [2.75, 3.05) is 0 Å². The molecule has 0 spiro atoms. The molecule has 2 nitrogen and oxygen atoms in total. The maximum Gasteiger partial charge on any atom is 0.131 e. The molecule has 3 aromatic rings. The quantitative estimate of drug-likeness (QED) is 0.665. The lowest BCUT2D eigenvalue weighted by molar-refractivity contribution is 0.220. The number of nitrogens with zero attached hydrogens (tertiary/aromatic N) is 1. The molecular formula is C16H12INOS. The average molecular weight is 393 g/mol. The van der Waals surface area contributed by atoms with Gasteiger partial charge in [-0.15, -0.1) is 11.3 Å². The van der Waals surface area contributed by atoms with Crippen LogP contribution in [-0.2, 0) is 0 Å². The first-order valence-electron chi connectivity index (χ1n) is 6.18. The van der Waals surface area contributed by atoms with Crippen molar-refractivity contribution < 1.29 is 5.11 Å². The lowest BCUT2D eigenvalue weighted by Gasteiger charge is -2.06. The lowest BCUT2D eigenvalue weighted by Crippen LogP contribution is -1.98. The van der Waals surface area contributed by atoms with E-state index < -0.39 is 6.10 Å². The number of rotatable bonds is 3. The number of halogens is 1. The third kappa shape index (κ3) is 2.92. The summed E-state index contributed by atoms with van der Waals surface area (Å²) >= 11 is 3.77. The van der Waals surface area contributed by atoms with E-state index in [4.69, 9.17) is 0 Å². The molecule has 0 amide bonds. The van der Waals surface area contributed by atoms with Crippen LogP contribution in [0.15, 0.2) is 60.0 Å². The Balaban J connectivity index is 1.89. The molecule has 1 aromatic heterocycles. The highest BCUT2D eigenvalue weighted by atomic mass is 127. The van der Waals surface area contributed by atoms with Crippen LogP contribution in [0.25, 0.3) is 11.3 Å². The standard InChI is InChI=1S/C16H12INOS/c17-13-8-6-11(7-9-13)14-10-20-16(18-14)15(19)12-4-2-1-3-5-12/h1-10,15,19H. The third-order valence-electron chi connectivity index (χ3n) is 3.01. The zero-order valence-corrected chi connectivity index (χ0v) is 13.5. The molecule has 1 atom stereocenters. The van der Waals surface area contributed by atoms with Gasteiger partial charge in [-0.2, -0.15) is 0 Å². The molecule has 0 aliphatic rings. The van der Waals surface area contributed by atoms with E-state index in [0.717, 1.165) is 21.8 Å². The molecule has 3 rings (SSSR count). The minimum absolute atomic E-state index is 0.654. The van der Waals surface area contributed by atoms with E-state index in [1.165, 1.54) is 14.9 Å². The van der Waals surface area contributed by atoms with Gasteiger partial charge in [0.1, 0.15) is 11.1 Å². The Morgan fingerprint density at radius 1 is 1.00 bits per heavy atom. The first-order chi connectivity index (χ1) is 9.74. The third-order valence-corrected chi connectivity index (χ3v) is 4.63. The number of aliphatic hydroxyl groups excluding tert-OH is 1. The fourth-order valence-electron chi connectivity index (χ4n) is 1.94. The summed E-state index contributed by atoms with van der Waals surface area (Å²) < 4.78 is 1.20. The Morgan fingerprint density at radius 3 is 2.40 bits per heavy atom. The van der Waals surface area contributed by atoms with E-state index in [1.54, 1.807) is 0 Å². The van der Waals surface area contributed by atoms with Crippen molar-refractivity contribution in [1.29, 1.82) is 0 Å². The molecule has 0 aliphatic heterocycles. The fourth-order valence-corrected chi connectivity index (χ4v) is 3.14. The van der Waals surface area contributed by atoms with E-state index in [-0.39, 0.29) is 0 Å². The van der Waals surface area contributed by atoms with Crippen molar-refractivity contribution in [2.45, 2.75) is 6.10 Å². The van der Waals surface area contributed by atoms with Gasteiger partial charge in [-0.1, -0.05) is 42.5 Å². The minimum Gasteiger partial charge on any atom is -0.381 e. The zero-order chi connectivity index (χ0) is 13.9. The molecule has 0 fully saturated rings. The van der Waals surface area contributed by atoms with Crippen molar-refractivity contribution in [2.24, 2.45) is 0 Å². The summed E-state index contributed by atoms with van der Waals surface area (Å²) in [6.45, 7) is 0. The van der Waals surface area contributed by atoms with E-state index in [9.17, 15) is 5.11 Å². The molecule has 0 radical (unpaired) electrons. The van der Waals surface area contributed by atoms with Gasteiger partial charge in [0.25, 0.3) is 0 Å². The van der Waals surface area contributed by atoms with Crippen molar-refractivity contribution >= 4 is 33.9 Å². The summed E-state index contributed by atoms with van der Waals surface area (Å²) in [4.78, 5) is 4.55. The summed E-state index contributed by atoms with van der Waals surface area (Å²) in [6.07, 6.45) is -0.654. The summed E-state index contributed by atoms with van der Waals surface area (Å²) in [5.41, 5.74) is 2.86. The normalized spacial score (nSPS) is 12.3. The van der Waals surface area contributed by atoms with Crippen LogP contribution in [0, 0.1) is 3.57 Å². The molecule has 0 saturated heterocycles. The molecule has 100 valence electrons. The second kappa shape index (κ2) is 6.03. The summed E-state index contributed by atoms with van der Waals surface area (Å²) in [7, 11) is 0. The number of benzene rings is 2. The maximum atomic E-state index is 10.3. The van der Waals surface area contributed by atoms with Crippen molar-refractivity contribution in [3.05, 3.63) is 74.1 Å². The van der Waals surface area contributed by atoms with Crippen LogP contribution in [0.2, 0.25) is 0 Å². The second-order valence-electron chi connectivity index (χ2n) is 4.39. The Bertz CT molecular complexity index is 694. The average Bonchev–Trinajstić information content (AvgIpc) is 2.98. The highest BCUT2D eigenvalue weighted by Gasteiger charge is 2.14. The van der Waals surface area contributed by atoms with E-state index in [0.29, 0.717) is 0 Å². The molecule has 0 bridgehead atoms. The maximum absolute atomic E-state index is 10.3. The van der Waals surface area contributed by atoms with Crippen LogP contribution < -0.4 is 0 Å². The molecule has 0 saturated carbocycles. The van der Waals surface area contributed by atoms with E-state index >= 15 is 0 Å². The topological polar surface area (TPSA) is 33.1 Å². The lowest BCUT2D eigenvalue weighted by atomic mass is 10.1. The number of hydrogen-bond acceptors (Lipinski definition) is 3. The van der Waals surface area contributed by atoms with Crippen LogP contribution in [0.5, 0.6) is 0 Å². The van der Waals surface area contributed by atoms with Crippen LogP contribution in [-0.4, -0.2) is 10.1 Å². The number of thiazole rings is 1. The van der Waals surface area contributed by atoms with E-state index in [2.05, 4.69) is 51.8 Å². The Kier molecular flexibility index (Phi) is 4.14. The smallest absolute Gasteiger partial charge is 0.131 e. The first-order valence-corrected chi connectivity index (χ1v) is 8.14. The largest absolute Gasteiger partial charge is 0.381 e. The van der Waals surface area contributed by atoms with Gasteiger partial charge >= 0.3 is 0 Å². The van der Waals surface area contributed by atoms with E-state index in [1.807, 2.05) is 35.7 Å². The molecule has 0 aliphatic carbocycles. The van der Waals surface area contributed by atoms with Crippen LogP contribution in [0.1, 0.15) is 16.7 Å². The Hall–Kier alpha value is -1.24.